The van der Waals surface area contributed by atoms with Crippen LogP contribution in [0.3, 0.4) is 0 Å². The van der Waals surface area contributed by atoms with Crippen LogP contribution in [0.15, 0.2) is 18.2 Å². The van der Waals surface area contributed by atoms with Crippen molar-refractivity contribution in [1.82, 2.24) is 10.6 Å². The van der Waals surface area contributed by atoms with Gasteiger partial charge < -0.3 is 30.1 Å². The summed E-state index contributed by atoms with van der Waals surface area (Å²) in [5.41, 5.74) is 0.605. The zero-order chi connectivity index (χ0) is 23.6. The third-order valence-corrected chi connectivity index (χ3v) is 5.64. The van der Waals surface area contributed by atoms with Gasteiger partial charge in [0.05, 0.1) is 5.92 Å². The van der Waals surface area contributed by atoms with Crippen LogP contribution in [0.4, 0.5) is 5.69 Å². The van der Waals surface area contributed by atoms with Crippen molar-refractivity contribution in [3.05, 3.63) is 18.2 Å². The number of aliphatic carboxylic acids is 1. The molecule has 0 radical (unpaired) electrons. The quantitative estimate of drug-likeness (QED) is 0.544. The maximum atomic E-state index is 12.9. The predicted molar refractivity (Wildman–Crippen MR) is 114 cm³/mol. The highest BCUT2D eigenvalue weighted by molar-refractivity contribution is 6.01. The van der Waals surface area contributed by atoms with Gasteiger partial charge in [0.2, 0.25) is 24.5 Å². The number of carboxylic acid groups (broad SMARTS) is 1. The first-order valence-corrected chi connectivity index (χ1v) is 10.6. The number of nitrogens with one attached hydrogen (secondary N) is 2. The Bertz CT molecular complexity index is 915. The van der Waals surface area contributed by atoms with Gasteiger partial charge >= 0.3 is 5.97 Å². The lowest BCUT2D eigenvalue weighted by Crippen LogP contribution is -2.55. The number of amides is 3. The largest absolute Gasteiger partial charge is 0.480 e. The molecule has 0 saturated carbocycles. The van der Waals surface area contributed by atoms with Crippen LogP contribution in [0.2, 0.25) is 0 Å². The zero-order valence-corrected chi connectivity index (χ0v) is 18.6. The van der Waals surface area contributed by atoms with Crippen LogP contribution < -0.4 is 25.0 Å². The molecule has 0 spiro atoms. The van der Waals surface area contributed by atoms with Crippen molar-refractivity contribution in [2.24, 2.45) is 17.8 Å². The maximum Gasteiger partial charge on any atom is 0.326 e. The minimum Gasteiger partial charge on any atom is -0.480 e. The first kappa shape index (κ1) is 23.4. The molecule has 2 aliphatic rings. The molecule has 174 valence electrons. The number of rotatable bonds is 8. The van der Waals surface area contributed by atoms with Crippen LogP contribution in [0.5, 0.6) is 11.5 Å². The van der Waals surface area contributed by atoms with E-state index in [9.17, 15) is 24.3 Å². The molecular weight excluding hydrogens is 418 g/mol. The Hall–Kier alpha value is -3.30. The van der Waals surface area contributed by atoms with E-state index in [1.807, 2.05) is 0 Å². The number of ether oxygens (including phenoxy) is 2. The predicted octanol–water partition coefficient (Wildman–Crippen LogP) is 1.13. The number of nitrogens with zero attached hydrogens (tertiary/aromatic N) is 1. The van der Waals surface area contributed by atoms with Crippen molar-refractivity contribution in [2.45, 2.75) is 46.2 Å². The standard InChI is InChI=1S/C22H29N3O7/c1-11(2)18(21(28)24-19(12(3)4)22(29)30)23-20(27)13-7-17(26)25(9-13)14-5-6-15-16(8-14)32-10-31-15/h5-6,8,11-13,18-19H,7,9-10H2,1-4H3,(H,23,27)(H,24,28)(H,29,30). The Labute approximate surface area is 186 Å². The second-order valence-corrected chi connectivity index (χ2v) is 8.74. The number of benzene rings is 1. The van der Waals surface area contributed by atoms with E-state index in [0.29, 0.717) is 17.2 Å². The summed E-state index contributed by atoms with van der Waals surface area (Å²) >= 11 is 0. The Kier molecular flexibility index (Phi) is 6.90. The van der Waals surface area contributed by atoms with E-state index in [1.165, 1.54) is 4.90 Å². The fraction of sp³-hybridized carbons (Fsp3) is 0.545. The highest BCUT2D eigenvalue weighted by Gasteiger charge is 2.38. The Morgan fingerprint density at radius 1 is 1.03 bits per heavy atom. The van der Waals surface area contributed by atoms with Gasteiger partial charge in [0, 0.05) is 24.7 Å². The number of hydrogen-bond donors (Lipinski definition) is 3. The molecular formula is C22H29N3O7. The molecule has 3 atom stereocenters. The molecule has 3 rings (SSSR count). The summed E-state index contributed by atoms with van der Waals surface area (Å²) < 4.78 is 10.6. The first-order chi connectivity index (χ1) is 15.1. The molecule has 0 aromatic heterocycles. The molecule has 2 aliphatic heterocycles. The molecule has 1 saturated heterocycles. The third-order valence-electron chi connectivity index (χ3n) is 5.64. The number of fused-ring (bicyclic) bond motifs is 1. The molecule has 0 aliphatic carbocycles. The van der Waals surface area contributed by atoms with E-state index in [0.717, 1.165) is 0 Å². The Morgan fingerprint density at radius 2 is 1.69 bits per heavy atom. The van der Waals surface area contributed by atoms with Gasteiger partial charge in [-0.15, -0.1) is 0 Å². The Morgan fingerprint density at radius 3 is 2.31 bits per heavy atom. The number of carbonyl (C=O) groups excluding carboxylic acids is 3. The molecule has 1 aromatic carbocycles. The van der Waals surface area contributed by atoms with Gasteiger partial charge in [-0.3, -0.25) is 14.4 Å². The number of carboxylic acids is 1. The number of anilines is 1. The molecule has 1 fully saturated rings. The van der Waals surface area contributed by atoms with Crippen LogP contribution in [-0.2, 0) is 19.2 Å². The van der Waals surface area contributed by atoms with Crippen molar-refractivity contribution in [2.75, 3.05) is 18.2 Å². The molecule has 3 amide bonds. The zero-order valence-electron chi connectivity index (χ0n) is 18.6. The summed E-state index contributed by atoms with van der Waals surface area (Å²) in [6.45, 7) is 7.19. The van der Waals surface area contributed by atoms with Crippen molar-refractivity contribution in [3.8, 4) is 11.5 Å². The Balaban J connectivity index is 1.66. The van der Waals surface area contributed by atoms with Crippen molar-refractivity contribution >= 4 is 29.4 Å². The van der Waals surface area contributed by atoms with Gasteiger partial charge in [0.1, 0.15) is 12.1 Å². The van der Waals surface area contributed by atoms with Crippen LogP contribution >= 0.6 is 0 Å². The lowest BCUT2D eigenvalue weighted by atomic mass is 9.99. The highest BCUT2D eigenvalue weighted by atomic mass is 16.7. The van der Waals surface area contributed by atoms with Crippen LogP contribution in [0.25, 0.3) is 0 Å². The fourth-order valence-corrected chi connectivity index (χ4v) is 3.75. The van der Waals surface area contributed by atoms with E-state index in [1.54, 1.807) is 45.9 Å². The average molecular weight is 447 g/mol. The highest BCUT2D eigenvalue weighted by Crippen LogP contribution is 2.37. The van der Waals surface area contributed by atoms with E-state index in [-0.39, 0.29) is 37.5 Å². The van der Waals surface area contributed by atoms with E-state index >= 15 is 0 Å². The maximum absolute atomic E-state index is 12.9. The lowest BCUT2D eigenvalue weighted by Gasteiger charge is -2.26. The number of carbonyl (C=O) groups is 4. The summed E-state index contributed by atoms with van der Waals surface area (Å²) in [5.74, 6) is -2.42. The van der Waals surface area contributed by atoms with E-state index in [2.05, 4.69) is 10.6 Å². The van der Waals surface area contributed by atoms with Crippen LogP contribution in [-0.4, -0.2) is 54.2 Å². The summed E-state index contributed by atoms with van der Waals surface area (Å²) in [6, 6.07) is 3.16. The molecule has 10 nitrogen and oxygen atoms in total. The van der Waals surface area contributed by atoms with E-state index in [4.69, 9.17) is 9.47 Å². The molecule has 1 aromatic rings. The van der Waals surface area contributed by atoms with Crippen molar-refractivity contribution in [1.29, 1.82) is 0 Å². The van der Waals surface area contributed by atoms with Crippen LogP contribution in [0.1, 0.15) is 34.1 Å². The van der Waals surface area contributed by atoms with Crippen molar-refractivity contribution < 1.29 is 33.8 Å². The third kappa shape index (κ3) is 4.95. The second kappa shape index (κ2) is 9.46. The number of hydrogen-bond acceptors (Lipinski definition) is 6. The minimum absolute atomic E-state index is 0.0104. The monoisotopic (exact) mass is 447 g/mol. The lowest BCUT2D eigenvalue weighted by molar-refractivity contribution is -0.143. The first-order valence-electron chi connectivity index (χ1n) is 10.6. The minimum atomic E-state index is -1.14. The van der Waals surface area contributed by atoms with E-state index < -0.39 is 35.8 Å². The molecule has 2 heterocycles. The van der Waals surface area contributed by atoms with Gasteiger partial charge in [-0.25, -0.2) is 4.79 Å². The summed E-state index contributed by atoms with van der Waals surface area (Å²) in [4.78, 5) is 51.1. The summed E-state index contributed by atoms with van der Waals surface area (Å²) in [7, 11) is 0. The van der Waals surface area contributed by atoms with Gasteiger partial charge in [-0.05, 0) is 24.0 Å². The molecule has 3 N–H and O–H groups in total. The smallest absolute Gasteiger partial charge is 0.326 e. The van der Waals surface area contributed by atoms with Gasteiger partial charge in [-0.1, -0.05) is 27.7 Å². The van der Waals surface area contributed by atoms with Crippen LogP contribution in [0, 0.1) is 17.8 Å². The van der Waals surface area contributed by atoms with Gasteiger partial charge in [0.25, 0.3) is 0 Å². The molecule has 10 heteroatoms. The van der Waals surface area contributed by atoms with Crippen molar-refractivity contribution in [3.63, 3.8) is 0 Å². The van der Waals surface area contributed by atoms with Gasteiger partial charge in [0.15, 0.2) is 11.5 Å². The normalized spacial score (nSPS) is 19.2. The average Bonchev–Trinajstić information content (AvgIpc) is 3.34. The SMILES string of the molecule is CC(C)C(NC(=O)C(NC(=O)C1CC(=O)N(c2ccc3c(c2)OCO3)C1)C(C)C)C(=O)O. The summed E-state index contributed by atoms with van der Waals surface area (Å²) in [5, 5.41) is 14.5. The molecule has 0 bridgehead atoms. The molecule has 32 heavy (non-hydrogen) atoms. The fourth-order valence-electron chi connectivity index (χ4n) is 3.75. The van der Waals surface area contributed by atoms with Gasteiger partial charge in [-0.2, -0.15) is 0 Å². The summed E-state index contributed by atoms with van der Waals surface area (Å²) in [6.07, 6.45) is 0.0104. The topological polar surface area (TPSA) is 134 Å². The molecule has 3 unspecified atom stereocenters. The second-order valence-electron chi connectivity index (χ2n) is 8.74.